The number of hydrogen-bond donors (Lipinski definition) is 1. The van der Waals surface area contributed by atoms with Gasteiger partial charge in [-0.1, -0.05) is 36.4 Å². The van der Waals surface area contributed by atoms with Crippen LogP contribution in [0.3, 0.4) is 0 Å². The molecule has 0 bridgehead atoms. The molecule has 0 amide bonds. The van der Waals surface area contributed by atoms with Crippen molar-refractivity contribution in [1.29, 1.82) is 0 Å². The minimum atomic E-state index is -3.96. The second kappa shape index (κ2) is 8.93. The van der Waals surface area contributed by atoms with Crippen LogP contribution in [0.4, 0.5) is 0 Å². The minimum absolute atomic E-state index is 0.0472. The summed E-state index contributed by atoms with van der Waals surface area (Å²) in [6, 6.07) is 20.7. The third-order valence-corrected chi connectivity index (χ3v) is 5.91. The van der Waals surface area contributed by atoms with Crippen LogP contribution in [0.1, 0.15) is 5.56 Å². The maximum atomic E-state index is 13.2. The zero-order valence-corrected chi connectivity index (χ0v) is 18.0. The first-order valence-corrected chi connectivity index (χ1v) is 10.9. The first-order chi connectivity index (χ1) is 13.0. The smallest absolute Gasteiger partial charge is 0.506 e. The highest BCUT2D eigenvalue weighted by Gasteiger charge is 2.31. The molecule has 3 aromatic rings. The number of phosphoric acid groups is 1. The van der Waals surface area contributed by atoms with E-state index in [0.29, 0.717) is 26.0 Å². The molecule has 0 heterocycles. The lowest BCUT2D eigenvalue weighted by Crippen LogP contribution is -2.05. The maximum Gasteiger partial charge on any atom is 0.587 e. The van der Waals surface area contributed by atoms with E-state index in [0.717, 1.165) is 0 Å². The number of rotatable bonds is 7. The van der Waals surface area contributed by atoms with E-state index in [1.807, 2.05) is 12.1 Å². The molecule has 8 heteroatoms. The van der Waals surface area contributed by atoms with E-state index in [4.69, 9.17) is 13.6 Å². The molecule has 5 nitrogen and oxygen atoms in total. The Morgan fingerprint density at radius 1 is 0.815 bits per heavy atom. The lowest BCUT2D eigenvalue weighted by atomic mass is 10.2. The molecule has 3 rings (SSSR count). The van der Waals surface area contributed by atoms with Gasteiger partial charge in [-0.05, 0) is 73.8 Å². The second-order valence-electron chi connectivity index (χ2n) is 5.44. The van der Waals surface area contributed by atoms with Gasteiger partial charge >= 0.3 is 7.82 Å². The molecule has 3 aromatic carbocycles. The third kappa shape index (κ3) is 5.59. The number of phenolic OH excluding ortho intramolecular Hbond substituents is 1. The van der Waals surface area contributed by atoms with Crippen molar-refractivity contribution < 1.29 is 23.2 Å². The van der Waals surface area contributed by atoms with Crippen molar-refractivity contribution >= 4 is 39.7 Å². The van der Waals surface area contributed by atoms with Crippen LogP contribution in [0, 0.1) is 0 Å². The Morgan fingerprint density at radius 3 is 1.70 bits per heavy atom. The Balaban J connectivity index is 1.82. The summed E-state index contributed by atoms with van der Waals surface area (Å²) in [5.41, 5.74) is 0.667. The maximum absolute atomic E-state index is 13.2. The molecule has 0 fully saturated rings. The quantitative estimate of drug-likeness (QED) is 0.356. The molecule has 0 radical (unpaired) electrons. The lowest BCUT2D eigenvalue weighted by Gasteiger charge is -2.19. The van der Waals surface area contributed by atoms with E-state index in [-0.39, 0.29) is 12.4 Å². The summed E-state index contributed by atoms with van der Waals surface area (Å²) in [6.45, 7) is -0.0472. The van der Waals surface area contributed by atoms with Crippen molar-refractivity contribution in [2.75, 3.05) is 0 Å². The van der Waals surface area contributed by atoms with Crippen LogP contribution in [0.2, 0.25) is 0 Å². The number of halogens is 2. The fourth-order valence-electron chi connectivity index (χ4n) is 2.15. The van der Waals surface area contributed by atoms with Gasteiger partial charge in [-0.15, -0.1) is 0 Å². The van der Waals surface area contributed by atoms with Gasteiger partial charge in [-0.25, -0.2) is 4.57 Å². The SMILES string of the molecule is O=P(OCc1cc(Br)c(O)c(Br)c1)(Oc1ccccc1)Oc1ccccc1. The summed E-state index contributed by atoms with van der Waals surface area (Å²) >= 11 is 6.52. The topological polar surface area (TPSA) is 65.0 Å². The molecule has 0 aliphatic heterocycles. The van der Waals surface area contributed by atoms with E-state index in [1.54, 1.807) is 60.7 Å². The third-order valence-electron chi connectivity index (χ3n) is 3.39. The molecular formula is C19H15Br2O5P. The van der Waals surface area contributed by atoms with Crippen LogP contribution in [-0.2, 0) is 15.7 Å². The van der Waals surface area contributed by atoms with E-state index >= 15 is 0 Å². The van der Waals surface area contributed by atoms with Gasteiger partial charge in [-0.3, -0.25) is 4.52 Å². The number of benzene rings is 3. The fourth-order valence-corrected chi connectivity index (χ4v) is 4.64. The number of phenols is 1. The van der Waals surface area contributed by atoms with Gasteiger partial charge in [-0.2, -0.15) is 0 Å². The highest BCUT2D eigenvalue weighted by Crippen LogP contribution is 2.50. The molecule has 0 unspecified atom stereocenters. The van der Waals surface area contributed by atoms with Gasteiger partial charge in [0.2, 0.25) is 0 Å². The number of phosphoric ester groups is 1. The van der Waals surface area contributed by atoms with Crippen LogP contribution in [-0.4, -0.2) is 5.11 Å². The molecular weight excluding hydrogens is 499 g/mol. The minimum Gasteiger partial charge on any atom is -0.506 e. The van der Waals surface area contributed by atoms with Gasteiger partial charge in [0.1, 0.15) is 17.2 Å². The molecule has 1 N–H and O–H groups in total. The first-order valence-electron chi connectivity index (χ1n) is 7.86. The van der Waals surface area contributed by atoms with Gasteiger partial charge in [0.15, 0.2) is 0 Å². The molecule has 0 saturated carbocycles. The Hall–Kier alpha value is -1.79. The molecule has 0 aliphatic carbocycles. The normalized spacial score (nSPS) is 11.2. The molecule has 0 aliphatic rings. The summed E-state index contributed by atoms with van der Waals surface area (Å²) in [5, 5.41) is 9.81. The predicted molar refractivity (Wildman–Crippen MR) is 110 cm³/mol. The highest BCUT2D eigenvalue weighted by molar-refractivity contribution is 9.11. The summed E-state index contributed by atoms with van der Waals surface area (Å²) < 4.78 is 30.9. The standard InChI is InChI=1S/C19H15Br2O5P/c20-17-11-14(12-18(21)19(17)22)13-24-27(23,25-15-7-3-1-4-8-15)26-16-9-5-2-6-10-16/h1-12,22H,13H2. The van der Waals surface area contributed by atoms with Crippen LogP contribution >= 0.6 is 39.7 Å². The Labute approximate surface area is 173 Å². The first kappa shape index (κ1) is 20.0. The summed E-state index contributed by atoms with van der Waals surface area (Å²) in [6.07, 6.45) is 0. The largest absolute Gasteiger partial charge is 0.587 e. The van der Waals surface area contributed by atoms with Gasteiger partial charge in [0.25, 0.3) is 0 Å². The van der Waals surface area contributed by atoms with E-state index in [9.17, 15) is 9.67 Å². The highest BCUT2D eigenvalue weighted by atomic mass is 79.9. The molecule has 0 spiro atoms. The molecule has 0 atom stereocenters. The number of aromatic hydroxyl groups is 1. The Kier molecular flexibility index (Phi) is 6.60. The Bertz CT molecular complexity index is 882. The van der Waals surface area contributed by atoms with Crippen LogP contribution < -0.4 is 9.05 Å². The fraction of sp³-hybridized carbons (Fsp3) is 0.0526. The van der Waals surface area contributed by atoms with Crippen molar-refractivity contribution in [2.45, 2.75) is 6.61 Å². The van der Waals surface area contributed by atoms with Crippen molar-refractivity contribution in [2.24, 2.45) is 0 Å². The van der Waals surface area contributed by atoms with E-state index in [1.165, 1.54) is 0 Å². The monoisotopic (exact) mass is 512 g/mol. The molecule has 0 saturated heterocycles. The summed E-state index contributed by atoms with van der Waals surface area (Å²) in [5.74, 6) is 0.803. The van der Waals surface area contributed by atoms with Gasteiger partial charge in [0, 0.05) is 0 Å². The van der Waals surface area contributed by atoms with Crippen LogP contribution in [0.15, 0.2) is 81.7 Å². The van der Waals surface area contributed by atoms with Crippen molar-refractivity contribution in [3.8, 4) is 17.2 Å². The number of hydrogen-bond acceptors (Lipinski definition) is 5. The Morgan fingerprint density at radius 2 is 1.26 bits per heavy atom. The average Bonchev–Trinajstić information content (AvgIpc) is 2.66. The van der Waals surface area contributed by atoms with E-state index in [2.05, 4.69) is 31.9 Å². The summed E-state index contributed by atoms with van der Waals surface area (Å²) in [7, 11) is -3.96. The number of para-hydroxylation sites is 2. The van der Waals surface area contributed by atoms with Gasteiger partial charge < -0.3 is 14.2 Å². The van der Waals surface area contributed by atoms with Crippen LogP contribution in [0.5, 0.6) is 17.2 Å². The zero-order chi connectivity index (χ0) is 19.3. The predicted octanol–water partition coefficient (Wildman–Crippen LogP) is 6.70. The van der Waals surface area contributed by atoms with Crippen molar-refractivity contribution in [3.05, 3.63) is 87.3 Å². The average molecular weight is 514 g/mol. The van der Waals surface area contributed by atoms with Crippen molar-refractivity contribution in [3.63, 3.8) is 0 Å². The van der Waals surface area contributed by atoms with Gasteiger partial charge in [0.05, 0.1) is 15.6 Å². The second-order valence-corrected chi connectivity index (χ2v) is 8.66. The summed E-state index contributed by atoms with van der Waals surface area (Å²) in [4.78, 5) is 0. The zero-order valence-electron chi connectivity index (χ0n) is 13.9. The van der Waals surface area contributed by atoms with Crippen LogP contribution in [0.25, 0.3) is 0 Å². The van der Waals surface area contributed by atoms with Crippen molar-refractivity contribution in [1.82, 2.24) is 0 Å². The molecule has 27 heavy (non-hydrogen) atoms. The van der Waals surface area contributed by atoms with E-state index < -0.39 is 7.82 Å². The molecule has 0 aromatic heterocycles. The molecule has 140 valence electrons. The lowest BCUT2D eigenvalue weighted by molar-refractivity contribution is 0.201.